The summed E-state index contributed by atoms with van der Waals surface area (Å²) >= 11 is 2.05. The van der Waals surface area contributed by atoms with Gasteiger partial charge < -0.3 is 10.6 Å². The highest BCUT2D eigenvalue weighted by atomic mass is 32.2. The molecule has 4 heteroatoms. The third-order valence-corrected chi connectivity index (χ3v) is 4.80. The summed E-state index contributed by atoms with van der Waals surface area (Å²) in [6.07, 6.45) is 5.05. The van der Waals surface area contributed by atoms with Gasteiger partial charge >= 0.3 is 0 Å². The van der Waals surface area contributed by atoms with Crippen molar-refractivity contribution in [1.82, 2.24) is 4.90 Å². The fraction of sp³-hybridized carbons (Fsp3) is 0.909. The molecule has 3 nitrogen and oxygen atoms in total. The maximum Gasteiger partial charge on any atom is 0.239 e. The molecule has 86 valence electrons. The first-order chi connectivity index (χ1) is 7.20. The van der Waals surface area contributed by atoms with E-state index in [2.05, 4.69) is 0 Å². The molecule has 2 fully saturated rings. The molecule has 1 saturated heterocycles. The van der Waals surface area contributed by atoms with E-state index in [9.17, 15) is 4.79 Å². The van der Waals surface area contributed by atoms with Crippen molar-refractivity contribution in [3.63, 3.8) is 0 Å². The molecule has 0 radical (unpaired) electrons. The van der Waals surface area contributed by atoms with Crippen LogP contribution in [0.2, 0.25) is 0 Å². The number of thioether (sulfide) groups is 1. The summed E-state index contributed by atoms with van der Waals surface area (Å²) in [6, 6.07) is 0.131. The quantitative estimate of drug-likeness (QED) is 0.734. The van der Waals surface area contributed by atoms with Crippen LogP contribution in [0.15, 0.2) is 0 Å². The zero-order chi connectivity index (χ0) is 10.8. The van der Waals surface area contributed by atoms with E-state index in [-0.39, 0.29) is 11.9 Å². The molecular weight excluding hydrogens is 208 g/mol. The van der Waals surface area contributed by atoms with E-state index in [1.807, 2.05) is 16.7 Å². The van der Waals surface area contributed by atoms with Crippen LogP contribution in [0, 0.1) is 0 Å². The maximum atomic E-state index is 11.9. The van der Waals surface area contributed by atoms with E-state index in [1.54, 1.807) is 6.92 Å². The third-order valence-electron chi connectivity index (χ3n) is 3.40. The molecule has 1 aliphatic heterocycles. The number of carbonyl (C=O) groups is 1. The Morgan fingerprint density at radius 3 is 2.93 bits per heavy atom. The van der Waals surface area contributed by atoms with E-state index >= 15 is 0 Å². The highest BCUT2D eigenvalue weighted by molar-refractivity contribution is 8.00. The molecule has 0 aromatic heterocycles. The van der Waals surface area contributed by atoms with Gasteiger partial charge in [0.25, 0.3) is 0 Å². The topological polar surface area (TPSA) is 46.3 Å². The van der Waals surface area contributed by atoms with Crippen LogP contribution in [-0.2, 0) is 4.79 Å². The standard InChI is InChI=1S/C11H20N2OS/c1-8(12)11(14)13-6-7-15-10-5-3-2-4-9(10)13/h8-10H,2-7,12H2,1H3/t8-,9?,10?/m1/s1. The number of hydrogen-bond donors (Lipinski definition) is 1. The van der Waals surface area contributed by atoms with Crippen molar-refractivity contribution >= 4 is 17.7 Å². The average molecular weight is 228 g/mol. The zero-order valence-electron chi connectivity index (χ0n) is 9.32. The number of carbonyl (C=O) groups excluding carboxylic acids is 1. The van der Waals surface area contributed by atoms with Crippen LogP contribution in [0.4, 0.5) is 0 Å². The smallest absolute Gasteiger partial charge is 0.239 e. The lowest BCUT2D eigenvalue weighted by molar-refractivity contribution is -0.135. The van der Waals surface area contributed by atoms with Crippen molar-refractivity contribution < 1.29 is 4.79 Å². The van der Waals surface area contributed by atoms with Crippen LogP contribution in [0.1, 0.15) is 32.6 Å². The molecule has 0 spiro atoms. The molecule has 0 aromatic carbocycles. The van der Waals surface area contributed by atoms with Crippen LogP contribution in [0.5, 0.6) is 0 Å². The lowest BCUT2D eigenvalue weighted by atomic mass is 9.93. The van der Waals surface area contributed by atoms with Crippen LogP contribution in [0.25, 0.3) is 0 Å². The summed E-state index contributed by atoms with van der Waals surface area (Å²) in [4.78, 5) is 14.0. The monoisotopic (exact) mass is 228 g/mol. The van der Waals surface area contributed by atoms with Gasteiger partial charge in [0.15, 0.2) is 0 Å². The molecule has 2 unspecified atom stereocenters. The molecule has 1 amide bonds. The first-order valence-corrected chi connectivity index (χ1v) is 6.92. The van der Waals surface area contributed by atoms with Gasteiger partial charge in [0.1, 0.15) is 0 Å². The van der Waals surface area contributed by atoms with Crippen molar-refractivity contribution in [1.29, 1.82) is 0 Å². The van der Waals surface area contributed by atoms with Crippen molar-refractivity contribution in [2.75, 3.05) is 12.3 Å². The Hall–Kier alpha value is -0.220. The maximum absolute atomic E-state index is 11.9. The molecule has 0 aromatic rings. The molecule has 15 heavy (non-hydrogen) atoms. The second-order valence-corrected chi connectivity index (χ2v) is 5.93. The summed E-state index contributed by atoms with van der Waals surface area (Å²) in [5, 5.41) is 0.676. The molecule has 2 aliphatic rings. The Bertz CT molecular complexity index is 243. The van der Waals surface area contributed by atoms with Gasteiger partial charge in [-0.25, -0.2) is 0 Å². The summed E-state index contributed by atoms with van der Waals surface area (Å²) in [6.45, 7) is 2.69. The second kappa shape index (κ2) is 4.74. The van der Waals surface area contributed by atoms with E-state index in [0.29, 0.717) is 11.3 Å². The van der Waals surface area contributed by atoms with Crippen LogP contribution >= 0.6 is 11.8 Å². The molecule has 1 heterocycles. The number of hydrogen-bond acceptors (Lipinski definition) is 3. The fourth-order valence-corrected chi connectivity index (χ4v) is 4.08. The second-order valence-electron chi connectivity index (χ2n) is 4.58. The number of rotatable bonds is 1. The molecule has 1 saturated carbocycles. The minimum atomic E-state index is -0.337. The lowest BCUT2D eigenvalue weighted by Gasteiger charge is -2.44. The van der Waals surface area contributed by atoms with Crippen LogP contribution in [-0.4, -0.2) is 40.4 Å². The van der Waals surface area contributed by atoms with Gasteiger partial charge in [-0.3, -0.25) is 4.79 Å². The molecule has 1 aliphatic carbocycles. The molecule has 2 N–H and O–H groups in total. The zero-order valence-corrected chi connectivity index (χ0v) is 10.1. The van der Waals surface area contributed by atoms with Gasteiger partial charge in [-0.05, 0) is 19.8 Å². The Morgan fingerprint density at radius 1 is 1.47 bits per heavy atom. The van der Waals surface area contributed by atoms with E-state index < -0.39 is 0 Å². The molecule has 2 rings (SSSR count). The SMILES string of the molecule is C[C@@H](N)C(=O)N1CCSC2CCCCC21. The fourth-order valence-electron chi connectivity index (χ4n) is 2.63. The van der Waals surface area contributed by atoms with Crippen molar-refractivity contribution in [2.24, 2.45) is 5.73 Å². The minimum absolute atomic E-state index is 0.146. The van der Waals surface area contributed by atoms with Crippen LogP contribution < -0.4 is 5.73 Å². The summed E-state index contributed by atoms with van der Waals surface area (Å²) in [5.74, 6) is 1.23. The van der Waals surface area contributed by atoms with Gasteiger partial charge in [0.2, 0.25) is 5.91 Å². The van der Waals surface area contributed by atoms with Crippen molar-refractivity contribution in [2.45, 2.75) is 49.9 Å². The number of amides is 1. The summed E-state index contributed by atoms with van der Waals surface area (Å²) in [7, 11) is 0. The summed E-state index contributed by atoms with van der Waals surface area (Å²) in [5.41, 5.74) is 5.69. The number of fused-ring (bicyclic) bond motifs is 1. The number of nitrogens with zero attached hydrogens (tertiary/aromatic N) is 1. The third kappa shape index (κ3) is 2.31. The molecular formula is C11H20N2OS. The van der Waals surface area contributed by atoms with Crippen LogP contribution in [0.3, 0.4) is 0 Å². The van der Waals surface area contributed by atoms with E-state index in [0.717, 1.165) is 12.3 Å². The Kier molecular flexibility index (Phi) is 3.57. The highest BCUT2D eigenvalue weighted by Crippen LogP contribution is 2.35. The predicted molar refractivity (Wildman–Crippen MR) is 63.9 cm³/mol. The van der Waals surface area contributed by atoms with E-state index in [1.165, 1.54) is 25.7 Å². The summed E-state index contributed by atoms with van der Waals surface area (Å²) < 4.78 is 0. The number of nitrogens with two attached hydrogens (primary N) is 1. The normalized spacial score (nSPS) is 33.3. The van der Waals surface area contributed by atoms with Gasteiger partial charge in [0, 0.05) is 23.6 Å². The largest absolute Gasteiger partial charge is 0.336 e. The van der Waals surface area contributed by atoms with Gasteiger partial charge in [-0.2, -0.15) is 11.8 Å². The molecule has 0 bridgehead atoms. The van der Waals surface area contributed by atoms with Crippen molar-refractivity contribution in [3.05, 3.63) is 0 Å². The molecule has 3 atom stereocenters. The average Bonchev–Trinajstić information content (AvgIpc) is 2.27. The predicted octanol–water partition coefficient (Wildman–Crippen LogP) is 1.22. The Balaban J connectivity index is 2.06. The lowest BCUT2D eigenvalue weighted by Crippen LogP contribution is -2.55. The Morgan fingerprint density at radius 2 is 2.20 bits per heavy atom. The first-order valence-electron chi connectivity index (χ1n) is 5.88. The first kappa shape index (κ1) is 11.3. The van der Waals surface area contributed by atoms with E-state index in [4.69, 9.17) is 5.73 Å². The Labute approximate surface area is 95.8 Å². The van der Waals surface area contributed by atoms with Crippen molar-refractivity contribution in [3.8, 4) is 0 Å². The van der Waals surface area contributed by atoms with Gasteiger partial charge in [0.05, 0.1) is 6.04 Å². The van der Waals surface area contributed by atoms with Gasteiger partial charge in [-0.1, -0.05) is 12.8 Å². The highest BCUT2D eigenvalue weighted by Gasteiger charge is 2.36. The van der Waals surface area contributed by atoms with Gasteiger partial charge in [-0.15, -0.1) is 0 Å². The minimum Gasteiger partial charge on any atom is -0.336 e.